The summed E-state index contributed by atoms with van der Waals surface area (Å²) in [5.74, 6) is 0.252. The van der Waals surface area contributed by atoms with Gasteiger partial charge in [-0.25, -0.2) is 0 Å². The molecule has 4 rings (SSSR count). The molecule has 0 saturated carbocycles. The van der Waals surface area contributed by atoms with Crippen molar-refractivity contribution in [2.45, 2.75) is 32.7 Å². The summed E-state index contributed by atoms with van der Waals surface area (Å²) >= 11 is 0. The fourth-order valence-electron chi connectivity index (χ4n) is 4.29. The van der Waals surface area contributed by atoms with E-state index in [4.69, 9.17) is 0 Å². The highest BCUT2D eigenvalue weighted by Crippen LogP contribution is 2.30. The van der Waals surface area contributed by atoms with Crippen molar-refractivity contribution in [1.82, 2.24) is 4.90 Å². The molecule has 142 valence electrons. The van der Waals surface area contributed by atoms with Crippen LogP contribution in [-0.2, 0) is 11.2 Å². The van der Waals surface area contributed by atoms with Gasteiger partial charge in [-0.15, -0.1) is 0 Å². The number of benzene rings is 2. The van der Waals surface area contributed by atoms with Crippen LogP contribution >= 0.6 is 0 Å². The lowest BCUT2D eigenvalue weighted by Crippen LogP contribution is -2.52. The second-order valence-electron chi connectivity index (χ2n) is 7.85. The molecule has 2 heterocycles. The van der Waals surface area contributed by atoms with E-state index >= 15 is 0 Å². The normalized spacial score (nSPS) is 19.8. The van der Waals surface area contributed by atoms with Gasteiger partial charge in [0.1, 0.15) is 0 Å². The number of carbonyl (C=O) groups excluding carboxylic acids is 1. The van der Waals surface area contributed by atoms with Gasteiger partial charge in [0.15, 0.2) is 0 Å². The summed E-state index contributed by atoms with van der Waals surface area (Å²) in [6.07, 6.45) is 2.22. The zero-order valence-electron chi connectivity index (χ0n) is 16.4. The molecule has 0 N–H and O–H groups in total. The van der Waals surface area contributed by atoms with Gasteiger partial charge in [0.25, 0.3) is 0 Å². The number of amides is 1. The van der Waals surface area contributed by atoms with Gasteiger partial charge < -0.3 is 14.7 Å². The molecule has 1 unspecified atom stereocenters. The van der Waals surface area contributed by atoms with Crippen LogP contribution in [0.4, 0.5) is 11.4 Å². The topological polar surface area (TPSA) is 26.8 Å². The van der Waals surface area contributed by atoms with Crippen molar-refractivity contribution in [1.29, 1.82) is 0 Å². The summed E-state index contributed by atoms with van der Waals surface area (Å²) in [5, 5.41) is 0. The molecule has 2 aliphatic rings. The largest absolute Gasteiger partial charge is 0.368 e. The Balaban J connectivity index is 1.39. The number of anilines is 2. The summed E-state index contributed by atoms with van der Waals surface area (Å²) in [5.41, 5.74) is 5.15. The van der Waals surface area contributed by atoms with Crippen LogP contribution in [0.1, 0.15) is 24.5 Å². The minimum atomic E-state index is 0.252. The lowest BCUT2D eigenvalue weighted by molar-refractivity contribution is -0.130. The van der Waals surface area contributed by atoms with Crippen LogP contribution in [0.25, 0.3) is 0 Å². The lowest BCUT2D eigenvalue weighted by atomic mass is 9.96. The first-order valence-electron chi connectivity index (χ1n) is 10.1. The van der Waals surface area contributed by atoms with E-state index in [1.807, 2.05) is 4.90 Å². The molecule has 0 aromatic heterocycles. The van der Waals surface area contributed by atoms with Crippen molar-refractivity contribution in [3.05, 3.63) is 59.7 Å². The monoisotopic (exact) mass is 363 g/mol. The third kappa shape index (κ3) is 3.80. The molecule has 1 fully saturated rings. The average Bonchev–Trinajstić information content (AvgIpc) is 2.70. The van der Waals surface area contributed by atoms with Crippen molar-refractivity contribution in [3.63, 3.8) is 0 Å². The smallest absolute Gasteiger partial charge is 0.242 e. The standard InChI is InChI=1S/C23H29N3O/c1-18-6-5-8-21(16-18)24-12-14-25(15-13-24)23(27)17-26-19(2)10-11-20-7-3-4-9-22(20)26/h3-9,16,19H,10-15,17H2,1-2H3. The number of fused-ring (bicyclic) bond motifs is 1. The zero-order chi connectivity index (χ0) is 18.8. The Kier molecular flexibility index (Phi) is 5.06. The van der Waals surface area contributed by atoms with E-state index in [0.29, 0.717) is 12.6 Å². The first-order valence-corrected chi connectivity index (χ1v) is 10.1. The first kappa shape index (κ1) is 17.9. The number of piperazine rings is 1. The first-order chi connectivity index (χ1) is 13.1. The van der Waals surface area contributed by atoms with Crippen LogP contribution in [0, 0.1) is 6.92 Å². The fraction of sp³-hybridized carbons (Fsp3) is 0.435. The summed E-state index contributed by atoms with van der Waals surface area (Å²) in [7, 11) is 0. The molecule has 4 nitrogen and oxygen atoms in total. The quantitative estimate of drug-likeness (QED) is 0.835. The Morgan fingerprint density at radius 2 is 1.81 bits per heavy atom. The Morgan fingerprint density at radius 3 is 2.59 bits per heavy atom. The number of aryl methyl sites for hydroxylation is 2. The molecule has 0 bridgehead atoms. The Bertz CT molecular complexity index is 811. The van der Waals surface area contributed by atoms with Gasteiger partial charge in [-0.1, -0.05) is 30.3 Å². The molecule has 0 spiro atoms. The van der Waals surface area contributed by atoms with Gasteiger partial charge in [-0.3, -0.25) is 4.79 Å². The summed E-state index contributed by atoms with van der Waals surface area (Å²) < 4.78 is 0. The van der Waals surface area contributed by atoms with Gasteiger partial charge in [0.05, 0.1) is 6.54 Å². The van der Waals surface area contributed by atoms with Crippen LogP contribution < -0.4 is 9.80 Å². The molecule has 1 atom stereocenters. The van der Waals surface area contributed by atoms with E-state index in [0.717, 1.165) is 39.0 Å². The minimum Gasteiger partial charge on any atom is -0.368 e. The van der Waals surface area contributed by atoms with Gasteiger partial charge in [0, 0.05) is 43.6 Å². The number of nitrogens with zero attached hydrogens (tertiary/aromatic N) is 3. The molecule has 0 radical (unpaired) electrons. The zero-order valence-corrected chi connectivity index (χ0v) is 16.4. The number of rotatable bonds is 3. The van der Waals surface area contributed by atoms with Crippen LogP contribution in [0.2, 0.25) is 0 Å². The molecule has 0 aliphatic carbocycles. The van der Waals surface area contributed by atoms with Gasteiger partial charge in [-0.2, -0.15) is 0 Å². The second kappa shape index (κ2) is 7.63. The number of carbonyl (C=O) groups is 1. The molecule has 4 heteroatoms. The maximum Gasteiger partial charge on any atom is 0.242 e. The van der Waals surface area contributed by atoms with Gasteiger partial charge in [-0.05, 0) is 56.0 Å². The van der Waals surface area contributed by atoms with E-state index in [-0.39, 0.29) is 5.91 Å². The molecule has 1 saturated heterocycles. The van der Waals surface area contributed by atoms with Gasteiger partial charge in [0.2, 0.25) is 5.91 Å². The van der Waals surface area contributed by atoms with E-state index in [1.54, 1.807) is 0 Å². The van der Waals surface area contributed by atoms with Crippen LogP contribution in [0.3, 0.4) is 0 Å². The maximum absolute atomic E-state index is 13.0. The number of hydrogen-bond donors (Lipinski definition) is 0. The van der Waals surface area contributed by atoms with Crippen LogP contribution in [0.5, 0.6) is 0 Å². The summed E-state index contributed by atoms with van der Waals surface area (Å²) in [6, 6.07) is 17.6. The molecule has 2 aromatic rings. The van der Waals surface area contributed by atoms with E-state index in [9.17, 15) is 4.79 Å². The second-order valence-corrected chi connectivity index (χ2v) is 7.85. The summed E-state index contributed by atoms with van der Waals surface area (Å²) in [4.78, 5) is 19.7. The molecule has 1 amide bonds. The van der Waals surface area contributed by atoms with Crippen LogP contribution in [-0.4, -0.2) is 49.6 Å². The minimum absolute atomic E-state index is 0.252. The Morgan fingerprint density at radius 1 is 1.04 bits per heavy atom. The number of hydrogen-bond acceptors (Lipinski definition) is 3. The SMILES string of the molecule is Cc1cccc(N2CCN(C(=O)CN3c4ccccc4CCC3C)CC2)c1. The Labute approximate surface area is 162 Å². The highest BCUT2D eigenvalue weighted by Gasteiger charge is 2.28. The van der Waals surface area contributed by atoms with Crippen LogP contribution in [0.15, 0.2) is 48.5 Å². The highest BCUT2D eigenvalue weighted by atomic mass is 16.2. The van der Waals surface area contributed by atoms with Crippen molar-refractivity contribution < 1.29 is 4.79 Å². The third-order valence-electron chi connectivity index (χ3n) is 5.97. The average molecular weight is 364 g/mol. The van der Waals surface area contributed by atoms with Gasteiger partial charge >= 0.3 is 0 Å². The van der Waals surface area contributed by atoms with Crippen molar-refractivity contribution in [2.24, 2.45) is 0 Å². The molecule has 2 aliphatic heterocycles. The predicted octanol–water partition coefficient (Wildman–Crippen LogP) is 3.48. The summed E-state index contributed by atoms with van der Waals surface area (Å²) in [6.45, 7) is 8.26. The van der Waals surface area contributed by atoms with Crippen molar-refractivity contribution in [2.75, 3.05) is 42.5 Å². The number of para-hydroxylation sites is 1. The molecule has 2 aromatic carbocycles. The fourth-order valence-corrected chi connectivity index (χ4v) is 4.29. The molecular weight excluding hydrogens is 334 g/mol. The molecular formula is C23H29N3O. The van der Waals surface area contributed by atoms with Crippen molar-refractivity contribution >= 4 is 17.3 Å². The third-order valence-corrected chi connectivity index (χ3v) is 5.97. The van der Waals surface area contributed by atoms with Crippen molar-refractivity contribution in [3.8, 4) is 0 Å². The predicted molar refractivity (Wildman–Crippen MR) is 112 cm³/mol. The highest BCUT2D eigenvalue weighted by molar-refractivity contribution is 5.82. The van der Waals surface area contributed by atoms with E-state index < -0.39 is 0 Å². The lowest BCUT2D eigenvalue weighted by Gasteiger charge is -2.40. The molecule has 27 heavy (non-hydrogen) atoms. The maximum atomic E-state index is 13.0. The van der Waals surface area contributed by atoms with E-state index in [2.05, 4.69) is 72.2 Å². The Hall–Kier alpha value is -2.49. The van der Waals surface area contributed by atoms with E-state index in [1.165, 1.54) is 22.5 Å².